The van der Waals surface area contributed by atoms with E-state index in [1.807, 2.05) is 0 Å². The van der Waals surface area contributed by atoms with Gasteiger partial charge in [-0.25, -0.2) is 0 Å². The fourth-order valence-corrected chi connectivity index (χ4v) is 3.70. The van der Waals surface area contributed by atoms with Crippen LogP contribution in [0.4, 0.5) is 0 Å². The van der Waals surface area contributed by atoms with Crippen molar-refractivity contribution in [3.05, 3.63) is 12.2 Å². The maximum Gasteiger partial charge on any atom is -0.0319 e. The van der Waals surface area contributed by atoms with Crippen LogP contribution in [0.5, 0.6) is 0 Å². The summed E-state index contributed by atoms with van der Waals surface area (Å²) in [4.78, 5) is 0. The van der Waals surface area contributed by atoms with Crippen LogP contribution >= 0.6 is 0 Å². The molecule has 0 N–H and O–H groups in total. The van der Waals surface area contributed by atoms with Gasteiger partial charge in [0.2, 0.25) is 0 Å². The monoisotopic (exact) mass is 236 g/mol. The lowest BCUT2D eigenvalue weighted by Crippen LogP contribution is -2.38. The average Bonchev–Trinajstić information content (AvgIpc) is 2.29. The summed E-state index contributed by atoms with van der Waals surface area (Å²) in [6, 6.07) is 0. The molecular weight excluding hydrogens is 204 g/mol. The van der Waals surface area contributed by atoms with Crippen molar-refractivity contribution in [1.82, 2.24) is 0 Å². The van der Waals surface area contributed by atoms with Crippen molar-refractivity contribution < 1.29 is 0 Å². The van der Waals surface area contributed by atoms with Crippen LogP contribution in [-0.4, -0.2) is 0 Å². The van der Waals surface area contributed by atoms with Crippen molar-refractivity contribution in [1.29, 1.82) is 0 Å². The quantitative estimate of drug-likeness (QED) is 0.562. The van der Waals surface area contributed by atoms with Gasteiger partial charge in [-0.2, -0.15) is 0 Å². The van der Waals surface area contributed by atoms with Gasteiger partial charge in [0.05, 0.1) is 0 Å². The Labute approximate surface area is 109 Å². The lowest BCUT2D eigenvalue weighted by Gasteiger charge is -2.45. The molecule has 5 atom stereocenters. The first-order valence-electron chi connectivity index (χ1n) is 7.64. The Morgan fingerprint density at radius 3 is 2.18 bits per heavy atom. The molecule has 1 rings (SSSR count). The average molecular weight is 236 g/mol. The van der Waals surface area contributed by atoms with Gasteiger partial charge in [-0.1, -0.05) is 53.7 Å². The summed E-state index contributed by atoms with van der Waals surface area (Å²) >= 11 is 0. The summed E-state index contributed by atoms with van der Waals surface area (Å²) in [6.07, 6.45) is 8.68. The van der Waals surface area contributed by atoms with Crippen molar-refractivity contribution in [2.24, 2.45) is 35.5 Å². The van der Waals surface area contributed by atoms with E-state index in [2.05, 4.69) is 53.7 Å². The molecule has 0 nitrogen and oxygen atoms in total. The van der Waals surface area contributed by atoms with Crippen LogP contribution in [0, 0.1) is 35.5 Å². The molecule has 17 heavy (non-hydrogen) atoms. The van der Waals surface area contributed by atoms with E-state index in [9.17, 15) is 0 Å². The second-order valence-corrected chi connectivity index (χ2v) is 6.60. The number of hydrogen-bond acceptors (Lipinski definition) is 0. The zero-order chi connectivity index (χ0) is 13.0. The molecule has 0 heteroatoms. The van der Waals surface area contributed by atoms with E-state index >= 15 is 0 Å². The highest BCUT2D eigenvalue weighted by Gasteiger charge is 2.38. The molecule has 0 bridgehead atoms. The first kappa shape index (κ1) is 14.8. The minimum Gasteiger partial charge on any atom is -0.0888 e. The molecule has 1 aliphatic carbocycles. The van der Waals surface area contributed by atoms with Crippen molar-refractivity contribution in [2.75, 3.05) is 0 Å². The molecule has 1 saturated carbocycles. The van der Waals surface area contributed by atoms with E-state index in [-0.39, 0.29) is 0 Å². The minimum absolute atomic E-state index is 0.845. The van der Waals surface area contributed by atoms with Gasteiger partial charge < -0.3 is 0 Å². The van der Waals surface area contributed by atoms with Crippen LogP contribution in [0.25, 0.3) is 0 Å². The molecule has 0 amide bonds. The van der Waals surface area contributed by atoms with Crippen LogP contribution in [0.3, 0.4) is 0 Å². The predicted octanol–water partition coefficient (Wildman–Crippen LogP) is 5.54. The summed E-state index contributed by atoms with van der Waals surface area (Å²) in [5.74, 6) is 5.37. The Bertz CT molecular complexity index is 238. The van der Waals surface area contributed by atoms with Gasteiger partial charge in [0.25, 0.3) is 0 Å². The standard InChI is InChI=1S/C17H32/c1-7-8-9-10-16-11-17(12(2)3)15(6)13(4)14(16)5/h8-9,12-17H,7,10-11H2,1-6H3. The van der Waals surface area contributed by atoms with Crippen LogP contribution in [0.2, 0.25) is 0 Å². The van der Waals surface area contributed by atoms with Crippen LogP contribution < -0.4 is 0 Å². The molecule has 0 saturated heterocycles. The fraction of sp³-hybridized carbons (Fsp3) is 0.882. The lowest BCUT2D eigenvalue weighted by molar-refractivity contribution is 0.0436. The van der Waals surface area contributed by atoms with E-state index in [4.69, 9.17) is 0 Å². The van der Waals surface area contributed by atoms with Crippen LogP contribution in [-0.2, 0) is 0 Å². The second-order valence-electron chi connectivity index (χ2n) is 6.60. The summed E-state index contributed by atoms with van der Waals surface area (Å²) < 4.78 is 0. The van der Waals surface area contributed by atoms with Gasteiger partial charge >= 0.3 is 0 Å². The Hall–Kier alpha value is -0.260. The Morgan fingerprint density at radius 2 is 1.65 bits per heavy atom. The van der Waals surface area contributed by atoms with Crippen LogP contribution in [0.15, 0.2) is 12.2 Å². The van der Waals surface area contributed by atoms with Gasteiger partial charge in [0.15, 0.2) is 0 Å². The normalized spacial score (nSPS) is 39.1. The molecule has 0 spiro atoms. The molecule has 1 aliphatic rings. The third-order valence-electron chi connectivity index (χ3n) is 5.35. The smallest absolute Gasteiger partial charge is 0.0319 e. The van der Waals surface area contributed by atoms with E-state index in [1.54, 1.807) is 0 Å². The third-order valence-corrected chi connectivity index (χ3v) is 5.35. The minimum atomic E-state index is 0.845. The fourth-order valence-electron chi connectivity index (χ4n) is 3.70. The van der Waals surface area contributed by atoms with Gasteiger partial charge in [-0.15, -0.1) is 0 Å². The van der Waals surface area contributed by atoms with E-state index in [0.717, 1.165) is 35.5 Å². The third kappa shape index (κ3) is 3.60. The molecular formula is C17H32. The molecule has 1 fully saturated rings. The Morgan fingerprint density at radius 1 is 1.00 bits per heavy atom. The molecule has 0 aliphatic heterocycles. The lowest BCUT2D eigenvalue weighted by atomic mass is 9.60. The summed E-state index contributed by atoms with van der Waals surface area (Å²) in [7, 11) is 0. The van der Waals surface area contributed by atoms with Crippen LogP contribution in [0.1, 0.15) is 60.8 Å². The highest BCUT2D eigenvalue weighted by molar-refractivity contribution is 4.92. The largest absolute Gasteiger partial charge is 0.0888 e. The second kappa shape index (κ2) is 6.61. The van der Waals surface area contributed by atoms with E-state index < -0.39 is 0 Å². The van der Waals surface area contributed by atoms with Gasteiger partial charge in [-0.05, 0) is 54.8 Å². The van der Waals surface area contributed by atoms with E-state index in [0.29, 0.717) is 0 Å². The SMILES string of the molecule is CCC=CCC1CC(C(C)C)C(C)C(C)C1C. The Kier molecular flexibility index (Phi) is 5.76. The predicted molar refractivity (Wildman–Crippen MR) is 78.0 cm³/mol. The zero-order valence-electron chi connectivity index (χ0n) is 12.7. The molecule has 0 aromatic heterocycles. The maximum atomic E-state index is 2.48. The summed E-state index contributed by atoms with van der Waals surface area (Å²) in [6.45, 7) is 14.5. The first-order chi connectivity index (χ1) is 7.99. The molecule has 100 valence electrons. The summed E-state index contributed by atoms with van der Waals surface area (Å²) in [5, 5.41) is 0. The van der Waals surface area contributed by atoms with Gasteiger partial charge in [0, 0.05) is 0 Å². The van der Waals surface area contributed by atoms with Crippen molar-refractivity contribution >= 4 is 0 Å². The van der Waals surface area contributed by atoms with Crippen molar-refractivity contribution in [3.63, 3.8) is 0 Å². The number of rotatable bonds is 4. The summed E-state index contributed by atoms with van der Waals surface area (Å²) in [5.41, 5.74) is 0. The Balaban J connectivity index is 2.67. The highest BCUT2D eigenvalue weighted by Crippen LogP contribution is 2.46. The molecule has 0 radical (unpaired) electrons. The number of hydrogen-bond donors (Lipinski definition) is 0. The van der Waals surface area contributed by atoms with E-state index in [1.165, 1.54) is 19.3 Å². The first-order valence-corrected chi connectivity index (χ1v) is 7.64. The zero-order valence-corrected chi connectivity index (χ0v) is 12.7. The van der Waals surface area contributed by atoms with Gasteiger partial charge in [0.1, 0.15) is 0 Å². The molecule has 5 unspecified atom stereocenters. The van der Waals surface area contributed by atoms with Crippen molar-refractivity contribution in [3.8, 4) is 0 Å². The molecule has 0 aromatic rings. The number of allylic oxidation sites excluding steroid dienone is 2. The molecule has 0 aromatic carbocycles. The van der Waals surface area contributed by atoms with Gasteiger partial charge in [-0.3, -0.25) is 0 Å². The molecule has 0 heterocycles. The topological polar surface area (TPSA) is 0 Å². The maximum absolute atomic E-state index is 2.48. The van der Waals surface area contributed by atoms with Crippen molar-refractivity contribution in [2.45, 2.75) is 60.8 Å². The highest BCUT2D eigenvalue weighted by atomic mass is 14.4.